The Morgan fingerprint density at radius 1 is 1.04 bits per heavy atom. The zero-order valence-corrected chi connectivity index (χ0v) is 14.4. The van der Waals surface area contributed by atoms with Crippen LogP contribution in [0.25, 0.3) is 11.4 Å². The number of benzene rings is 1. The maximum Gasteiger partial charge on any atom is 0.309 e. The van der Waals surface area contributed by atoms with Gasteiger partial charge in [0.1, 0.15) is 5.78 Å². The third-order valence-corrected chi connectivity index (χ3v) is 4.21. The quantitative estimate of drug-likeness (QED) is 0.879. The SMILES string of the molecule is CC(C)(CC(=O)C(C)(C)c1ccnc(-c2ccccc2)n1)C(=O)O. The van der Waals surface area contributed by atoms with Gasteiger partial charge in [0, 0.05) is 18.2 Å². The van der Waals surface area contributed by atoms with Gasteiger partial charge in [-0.25, -0.2) is 9.97 Å². The minimum Gasteiger partial charge on any atom is -0.481 e. The molecule has 126 valence electrons. The molecular weight excluding hydrogens is 304 g/mol. The Morgan fingerprint density at radius 3 is 2.25 bits per heavy atom. The minimum absolute atomic E-state index is 0.0555. The van der Waals surface area contributed by atoms with E-state index in [4.69, 9.17) is 0 Å². The molecule has 0 atom stereocenters. The third-order valence-electron chi connectivity index (χ3n) is 4.21. The summed E-state index contributed by atoms with van der Waals surface area (Å²) in [5.74, 6) is -0.599. The van der Waals surface area contributed by atoms with Gasteiger partial charge in [0.25, 0.3) is 0 Å². The summed E-state index contributed by atoms with van der Waals surface area (Å²) in [6.45, 7) is 6.64. The van der Waals surface area contributed by atoms with Crippen molar-refractivity contribution in [2.75, 3.05) is 0 Å². The highest BCUT2D eigenvalue weighted by Gasteiger charge is 2.38. The van der Waals surface area contributed by atoms with Crippen molar-refractivity contribution in [1.29, 1.82) is 0 Å². The molecule has 0 saturated carbocycles. The molecule has 0 unspecified atom stereocenters. The smallest absolute Gasteiger partial charge is 0.309 e. The Morgan fingerprint density at radius 2 is 1.67 bits per heavy atom. The van der Waals surface area contributed by atoms with Crippen molar-refractivity contribution in [2.24, 2.45) is 5.41 Å². The van der Waals surface area contributed by atoms with Crippen molar-refractivity contribution in [1.82, 2.24) is 9.97 Å². The lowest BCUT2D eigenvalue weighted by molar-refractivity contribution is -0.149. The number of carboxylic acids is 1. The van der Waals surface area contributed by atoms with Gasteiger partial charge in [0.05, 0.1) is 16.5 Å². The van der Waals surface area contributed by atoms with Crippen molar-refractivity contribution >= 4 is 11.8 Å². The second-order valence-electron chi connectivity index (χ2n) is 7.05. The average Bonchev–Trinajstić information content (AvgIpc) is 2.55. The van der Waals surface area contributed by atoms with Crippen LogP contribution in [0.5, 0.6) is 0 Å². The van der Waals surface area contributed by atoms with E-state index in [0.29, 0.717) is 11.5 Å². The summed E-state index contributed by atoms with van der Waals surface area (Å²) < 4.78 is 0. The van der Waals surface area contributed by atoms with Gasteiger partial charge in [0.2, 0.25) is 0 Å². The van der Waals surface area contributed by atoms with Crippen LogP contribution in [0.3, 0.4) is 0 Å². The number of hydrogen-bond acceptors (Lipinski definition) is 4. The predicted octanol–water partition coefficient (Wildman–Crippen LogP) is 3.49. The number of carbonyl (C=O) groups excluding carboxylic acids is 1. The van der Waals surface area contributed by atoms with Gasteiger partial charge in [-0.1, -0.05) is 30.3 Å². The Hall–Kier alpha value is -2.56. The second-order valence-corrected chi connectivity index (χ2v) is 7.05. The van der Waals surface area contributed by atoms with Crippen LogP contribution in [0.1, 0.15) is 39.8 Å². The fourth-order valence-electron chi connectivity index (χ4n) is 2.27. The topological polar surface area (TPSA) is 80.2 Å². The molecule has 24 heavy (non-hydrogen) atoms. The summed E-state index contributed by atoms with van der Waals surface area (Å²) in [5.41, 5.74) is -0.543. The number of aromatic nitrogens is 2. The molecule has 2 aromatic rings. The lowest BCUT2D eigenvalue weighted by Gasteiger charge is -2.27. The van der Waals surface area contributed by atoms with Crippen LogP contribution in [0, 0.1) is 5.41 Å². The van der Waals surface area contributed by atoms with Crippen molar-refractivity contribution < 1.29 is 14.7 Å². The highest BCUT2D eigenvalue weighted by molar-refractivity contribution is 5.92. The lowest BCUT2D eigenvalue weighted by atomic mass is 9.76. The summed E-state index contributed by atoms with van der Waals surface area (Å²) in [4.78, 5) is 32.8. The molecule has 1 heterocycles. The van der Waals surface area contributed by atoms with Crippen molar-refractivity contribution in [3.8, 4) is 11.4 Å². The first-order chi connectivity index (χ1) is 11.1. The van der Waals surface area contributed by atoms with Crippen LogP contribution in [0.15, 0.2) is 42.6 Å². The van der Waals surface area contributed by atoms with Gasteiger partial charge < -0.3 is 5.11 Å². The zero-order chi connectivity index (χ0) is 18.0. The Labute approximate surface area is 141 Å². The van der Waals surface area contributed by atoms with E-state index in [-0.39, 0.29) is 12.2 Å². The number of nitrogens with zero attached hydrogens (tertiary/aromatic N) is 2. The zero-order valence-electron chi connectivity index (χ0n) is 14.4. The molecule has 0 fully saturated rings. The highest BCUT2D eigenvalue weighted by Crippen LogP contribution is 2.31. The maximum absolute atomic E-state index is 12.7. The fourth-order valence-corrected chi connectivity index (χ4v) is 2.27. The Bertz CT molecular complexity index is 752. The van der Waals surface area contributed by atoms with E-state index in [9.17, 15) is 14.7 Å². The fraction of sp³-hybridized carbons (Fsp3) is 0.368. The van der Waals surface area contributed by atoms with E-state index in [1.54, 1.807) is 40.0 Å². The molecule has 0 aliphatic heterocycles. The summed E-state index contributed by atoms with van der Waals surface area (Å²) >= 11 is 0. The number of aliphatic carboxylic acids is 1. The molecule has 1 aromatic heterocycles. The number of carboxylic acid groups (broad SMARTS) is 1. The lowest BCUT2D eigenvalue weighted by Crippen LogP contribution is -2.36. The summed E-state index contributed by atoms with van der Waals surface area (Å²) in [7, 11) is 0. The van der Waals surface area contributed by atoms with Crippen LogP contribution in [-0.4, -0.2) is 26.8 Å². The first-order valence-electron chi connectivity index (χ1n) is 7.80. The van der Waals surface area contributed by atoms with Crippen molar-refractivity contribution in [2.45, 2.75) is 39.5 Å². The first kappa shape index (κ1) is 17.8. The highest BCUT2D eigenvalue weighted by atomic mass is 16.4. The molecule has 0 aliphatic carbocycles. The third kappa shape index (κ3) is 3.67. The van der Waals surface area contributed by atoms with Gasteiger partial charge in [-0.15, -0.1) is 0 Å². The standard InChI is InChI=1S/C19H22N2O3/c1-18(2,17(23)24)12-15(22)19(3,4)14-10-11-20-16(21-14)13-8-6-5-7-9-13/h5-11H,12H2,1-4H3,(H,23,24). The Kier molecular flexibility index (Phi) is 4.83. The normalized spacial score (nSPS) is 12.0. The van der Waals surface area contributed by atoms with E-state index >= 15 is 0 Å². The van der Waals surface area contributed by atoms with Crippen LogP contribution < -0.4 is 0 Å². The van der Waals surface area contributed by atoms with Crippen LogP contribution in [-0.2, 0) is 15.0 Å². The summed E-state index contributed by atoms with van der Waals surface area (Å²) in [6.07, 6.45) is 1.57. The van der Waals surface area contributed by atoms with Gasteiger partial charge in [-0.05, 0) is 33.8 Å². The monoisotopic (exact) mass is 326 g/mol. The molecule has 0 radical (unpaired) electrons. The summed E-state index contributed by atoms with van der Waals surface area (Å²) in [6, 6.07) is 11.2. The van der Waals surface area contributed by atoms with Crippen molar-refractivity contribution in [3.05, 3.63) is 48.3 Å². The predicted molar refractivity (Wildman–Crippen MR) is 91.5 cm³/mol. The van der Waals surface area contributed by atoms with Gasteiger partial charge in [-0.2, -0.15) is 0 Å². The van der Waals surface area contributed by atoms with E-state index in [1.807, 2.05) is 30.3 Å². The first-order valence-corrected chi connectivity index (χ1v) is 7.80. The number of Topliss-reactive ketones (excluding diaryl/α,β-unsaturated/α-hetero) is 1. The second kappa shape index (κ2) is 6.51. The van der Waals surface area contributed by atoms with Gasteiger partial charge >= 0.3 is 5.97 Å². The molecule has 0 bridgehead atoms. The maximum atomic E-state index is 12.7. The average molecular weight is 326 g/mol. The summed E-state index contributed by atoms with van der Waals surface area (Å²) in [5, 5.41) is 9.24. The Balaban J connectivity index is 2.33. The van der Waals surface area contributed by atoms with Crippen LogP contribution in [0.4, 0.5) is 0 Å². The molecular formula is C19H22N2O3. The minimum atomic E-state index is -1.11. The van der Waals surface area contributed by atoms with Crippen LogP contribution >= 0.6 is 0 Å². The largest absolute Gasteiger partial charge is 0.481 e. The van der Waals surface area contributed by atoms with E-state index in [2.05, 4.69) is 9.97 Å². The molecule has 1 aromatic carbocycles. The molecule has 0 amide bonds. The van der Waals surface area contributed by atoms with E-state index in [0.717, 1.165) is 5.56 Å². The number of carbonyl (C=O) groups is 2. The van der Waals surface area contributed by atoms with Crippen LogP contribution in [0.2, 0.25) is 0 Å². The molecule has 1 N–H and O–H groups in total. The molecule has 0 aliphatic rings. The number of ketones is 1. The number of hydrogen-bond donors (Lipinski definition) is 1. The van der Waals surface area contributed by atoms with Gasteiger partial charge in [0.15, 0.2) is 5.82 Å². The van der Waals surface area contributed by atoms with Crippen molar-refractivity contribution in [3.63, 3.8) is 0 Å². The van der Waals surface area contributed by atoms with E-state index in [1.165, 1.54) is 0 Å². The van der Waals surface area contributed by atoms with Gasteiger partial charge in [-0.3, -0.25) is 9.59 Å². The molecule has 5 nitrogen and oxygen atoms in total. The van der Waals surface area contributed by atoms with E-state index < -0.39 is 16.8 Å². The molecule has 5 heteroatoms. The molecule has 0 spiro atoms. The molecule has 0 saturated heterocycles. The number of rotatable bonds is 6. The molecule has 2 rings (SSSR count).